The van der Waals surface area contributed by atoms with Crippen LogP contribution in [0.3, 0.4) is 0 Å². The minimum absolute atomic E-state index is 0.231. The first-order chi connectivity index (χ1) is 11.8. The fraction of sp³-hybridized carbons (Fsp3) is 0.278. The number of nitrogens with zero attached hydrogens (tertiary/aromatic N) is 2. The fourth-order valence-corrected chi connectivity index (χ4v) is 3.22. The quantitative estimate of drug-likeness (QED) is 0.860. The van der Waals surface area contributed by atoms with Crippen molar-refractivity contribution in [2.75, 3.05) is 30.8 Å². The molecular weight excluding hydrogens is 338 g/mol. The van der Waals surface area contributed by atoms with Gasteiger partial charge in [-0.05, 0) is 42.3 Å². The molecule has 0 aliphatic rings. The first-order valence-electron chi connectivity index (χ1n) is 7.93. The predicted octanol–water partition coefficient (Wildman–Crippen LogP) is 2.74. The van der Waals surface area contributed by atoms with Gasteiger partial charge in [0.1, 0.15) is 0 Å². The van der Waals surface area contributed by atoms with E-state index in [1.165, 1.54) is 25.4 Å². The van der Waals surface area contributed by atoms with Crippen LogP contribution >= 0.6 is 0 Å². The molecule has 0 aliphatic heterocycles. The molecule has 0 aliphatic carbocycles. The Balaban J connectivity index is 2.18. The van der Waals surface area contributed by atoms with E-state index in [0.717, 1.165) is 22.0 Å². The molecule has 1 N–H and O–H groups in total. The van der Waals surface area contributed by atoms with Gasteiger partial charge < -0.3 is 5.32 Å². The Morgan fingerprint density at radius 3 is 2.16 bits per heavy atom. The van der Waals surface area contributed by atoms with Crippen molar-refractivity contribution in [2.24, 2.45) is 0 Å². The van der Waals surface area contributed by atoms with E-state index in [0.29, 0.717) is 11.3 Å². The van der Waals surface area contributed by atoms with Gasteiger partial charge >= 0.3 is 10.2 Å². The SMILES string of the molecule is CCc1ccccc1NC(=O)c1ccc(N(C)S(=O)(=O)N(C)C)cc1. The van der Waals surface area contributed by atoms with Crippen molar-refractivity contribution in [3.05, 3.63) is 59.7 Å². The summed E-state index contributed by atoms with van der Waals surface area (Å²) >= 11 is 0. The Morgan fingerprint density at radius 1 is 1.00 bits per heavy atom. The second-order valence-electron chi connectivity index (χ2n) is 5.77. The van der Waals surface area contributed by atoms with Crippen molar-refractivity contribution in [1.29, 1.82) is 0 Å². The zero-order valence-corrected chi connectivity index (χ0v) is 15.7. The van der Waals surface area contributed by atoms with E-state index in [1.807, 2.05) is 31.2 Å². The lowest BCUT2D eigenvalue weighted by molar-refractivity contribution is 0.102. The van der Waals surface area contributed by atoms with Crippen LogP contribution in [0.2, 0.25) is 0 Å². The van der Waals surface area contributed by atoms with Gasteiger partial charge in [-0.15, -0.1) is 0 Å². The second-order valence-corrected chi connectivity index (χ2v) is 7.94. The molecule has 0 spiro atoms. The van der Waals surface area contributed by atoms with E-state index in [1.54, 1.807) is 24.3 Å². The van der Waals surface area contributed by atoms with Gasteiger partial charge in [-0.25, -0.2) is 0 Å². The largest absolute Gasteiger partial charge is 0.322 e. The number of carbonyl (C=O) groups is 1. The van der Waals surface area contributed by atoms with Crippen LogP contribution in [0, 0.1) is 0 Å². The highest BCUT2D eigenvalue weighted by molar-refractivity contribution is 7.90. The minimum atomic E-state index is -3.55. The molecule has 0 fully saturated rings. The molecule has 2 aromatic carbocycles. The van der Waals surface area contributed by atoms with Crippen molar-refractivity contribution in [3.63, 3.8) is 0 Å². The summed E-state index contributed by atoms with van der Waals surface area (Å²) in [6, 6.07) is 14.1. The highest BCUT2D eigenvalue weighted by atomic mass is 32.2. The highest BCUT2D eigenvalue weighted by Gasteiger charge is 2.21. The molecule has 2 aromatic rings. The fourth-order valence-electron chi connectivity index (χ4n) is 2.35. The number of hydrogen-bond donors (Lipinski definition) is 1. The molecule has 0 aromatic heterocycles. The Kier molecular flexibility index (Phi) is 5.81. The molecule has 0 saturated heterocycles. The van der Waals surface area contributed by atoms with Gasteiger partial charge in [-0.2, -0.15) is 12.7 Å². The van der Waals surface area contributed by atoms with E-state index in [-0.39, 0.29) is 5.91 Å². The summed E-state index contributed by atoms with van der Waals surface area (Å²) in [7, 11) is 0.862. The van der Waals surface area contributed by atoms with Crippen LogP contribution in [-0.2, 0) is 16.6 Å². The normalized spacial score (nSPS) is 11.4. The van der Waals surface area contributed by atoms with Crippen molar-refractivity contribution in [2.45, 2.75) is 13.3 Å². The molecular formula is C18H23N3O3S. The summed E-state index contributed by atoms with van der Waals surface area (Å²) in [6.45, 7) is 2.03. The smallest absolute Gasteiger partial charge is 0.303 e. The van der Waals surface area contributed by atoms with Crippen molar-refractivity contribution in [1.82, 2.24) is 4.31 Å². The number of nitrogens with one attached hydrogen (secondary N) is 1. The summed E-state index contributed by atoms with van der Waals surface area (Å²) in [5.74, 6) is -0.231. The van der Waals surface area contributed by atoms with Gasteiger partial charge in [0.05, 0.1) is 5.69 Å². The van der Waals surface area contributed by atoms with E-state index in [9.17, 15) is 13.2 Å². The molecule has 134 valence electrons. The summed E-state index contributed by atoms with van der Waals surface area (Å²) in [5.41, 5.74) is 2.79. The summed E-state index contributed by atoms with van der Waals surface area (Å²) in [5, 5.41) is 2.90. The molecule has 0 heterocycles. The van der Waals surface area contributed by atoms with Gasteiger partial charge in [-0.3, -0.25) is 9.10 Å². The van der Waals surface area contributed by atoms with Gasteiger partial charge in [0.15, 0.2) is 0 Å². The van der Waals surface area contributed by atoms with Crippen LogP contribution in [0.4, 0.5) is 11.4 Å². The predicted molar refractivity (Wildman–Crippen MR) is 101 cm³/mol. The Labute approximate surface area is 149 Å². The van der Waals surface area contributed by atoms with Crippen LogP contribution in [-0.4, -0.2) is 39.8 Å². The number of rotatable bonds is 6. The minimum Gasteiger partial charge on any atom is -0.322 e. The third-order valence-electron chi connectivity index (χ3n) is 3.95. The Morgan fingerprint density at radius 2 is 1.60 bits per heavy atom. The zero-order valence-electron chi connectivity index (χ0n) is 14.9. The number of carbonyl (C=O) groups excluding carboxylic acids is 1. The Bertz CT molecular complexity index is 846. The summed E-state index contributed by atoms with van der Waals surface area (Å²) in [4.78, 5) is 12.4. The maximum Gasteiger partial charge on any atom is 0.303 e. The number of para-hydroxylation sites is 1. The Hall–Kier alpha value is -2.38. The molecule has 1 amide bonds. The van der Waals surface area contributed by atoms with Crippen LogP contribution in [0.1, 0.15) is 22.8 Å². The van der Waals surface area contributed by atoms with Crippen LogP contribution < -0.4 is 9.62 Å². The number of aryl methyl sites for hydroxylation is 1. The molecule has 25 heavy (non-hydrogen) atoms. The first-order valence-corrected chi connectivity index (χ1v) is 9.32. The molecule has 0 saturated carbocycles. The highest BCUT2D eigenvalue weighted by Crippen LogP contribution is 2.20. The molecule has 7 heteroatoms. The number of hydrogen-bond acceptors (Lipinski definition) is 3. The second kappa shape index (κ2) is 7.67. The number of benzene rings is 2. The third kappa shape index (κ3) is 4.18. The van der Waals surface area contributed by atoms with Gasteiger partial charge in [0, 0.05) is 32.4 Å². The van der Waals surface area contributed by atoms with Crippen molar-refractivity contribution < 1.29 is 13.2 Å². The van der Waals surface area contributed by atoms with Crippen molar-refractivity contribution in [3.8, 4) is 0 Å². The van der Waals surface area contributed by atoms with Gasteiger partial charge in [0.25, 0.3) is 5.91 Å². The summed E-state index contributed by atoms with van der Waals surface area (Å²) in [6.07, 6.45) is 0.822. The molecule has 0 unspecified atom stereocenters. The van der Waals surface area contributed by atoms with E-state index >= 15 is 0 Å². The standard InChI is InChI=1S/C18H23N3O3S/c1-5-14-8-6-7-9-17(14)19-18(22)15-10-12-16(13-11-15)21(4)25(23,24)20(2)3/h6-13H,5H2,1-4H3,(H,19,22). The average Bonchev–Trinajstić information content (AvgIpc) is 2.61. The van der Waals surface area contributed by atoms with Crippen LogP contribution in [0.15, 0.2) is 48.5 Å². The molecule has 2 rings (SSSR count). The van der Waals surface area contributed by atoms with E-state index in [2.05, 4.69) is 5.32 Å². The van der Waals surface area contributed by atoms with E-state index in [4.69, 9.17) is 0 Å². The molecule has 0 radical (unpaired) electrons. The maximum absolute atomic E-state index is 12.4. The first kappa shape index (κ1) is 19.0. The topological polar surface area (TPSA) is 69.7 Å². The maximum atomic E-state index is 12.4. The molecule has 6 nitrogen and oxygen atoms in total. The van der Waals surface area contributed by atoms with Crippen LogP contribution in [0.5, 0.6) is 0 Å². The number of anilines is 2. The van der Waals surface area contributed by atoms with E-state index < -0.39 is 10.2 Å². The molecule has 0 bridgehead atoms. The van der Waals surface area contributed by atoms with Crippen LogP contribution in [0.25, 0.3) is 0 Å². The number of amides is 1. The average molecular weight is 361 g/mol. The lowest BCUT2D eigenvalue weighted by atomic mass is 10.1. The monoisotopic (exact) mass is 361 g/mol. The molecule has 0 atom stereocenters. The summed E-state index contributed by atoms with van der Waals surface area (Å²) < 4.78 is 26.6. The zero-order chi connectivity index (χ0) is 18.6. The lowest BCUT2D eigenvalue weighted by Gasteiger charge is -2.23. The van der Waals surface area contributed by atoms with Gasteiger partial charge in [0.2, 0.25) is 0 Å². The van der Waals surface area contributed by atoms with Gasteiger partial charge in [-0.1, -0.05) is 25.1 Å². The third-order valence-corrected chi connectivity index (χ3v) is 5.77. The van der Waals surface area contributed by atoms with Crippen molar-refractivity contribution >= 4 is 27.5 Å². The lowest BCUT2D eigenvalue weighted by Crippen LogP contribution is -2.37.